The highest BCUT2D eigenvalue weighted by Gasteiger charge is 2.06. The standard InChI is InChI=1S/C14H11N4/c1-5-15-6-2-12(1)13-3-9-18(10-4-13)14-11-16-7-8-17-14/h1-11H/q+1. The number of rotatable bonds is 2. The van der Waals surface area contributed by atoms with Crippen molar-refractivity contribution in [2.24, 2.45) is 0 Å². The van der Waals surface area contributed by atoms with Crippen LogP contribution in [0.3, 0.4) is 0 Å². The quantitative estimate of drug-likeness (QED) is 0.636. The number of hydrogen-bond acceptors (Lipinski definition) is 3. The first kappa shape index (κ1) is 10.5. The van der Waals surface area contributed by atoms with Crippen molar-refractivity contribution in [1.82, 2.24) is 15.0 Å². The van der Waals surface area contributed by atoms with E-state index in [0.29, 0.717) is 0 Å². The lowest BCUT2D eigenvalue weighted by molar-refractivity contribution is -0.599. The molecule has 18 heavy (non-hydrogen) atoms. The second-order valence-corrected chi connectivity index (χ2v) is 3.79. The number of nitrogens with zero attached hydrogens (tertiary/aromatic N) is 4. The van der Waals surface area contributed by atoms with Crippen LogP contribution in [-0.4, -0.2) is 15.0 Å². The highest BCUT2D eigenvalue weighted by Crippen LogP contribution is 2.15. The minimum absolute atomic E-state index is 0.804. The number of aromatic nitrogens is 4. The van der Waals surface area contributed by atoms with Crippen LogP contribution in [0.4, 0.5) is 0 Å². The fourth-order valence-electron chi connectivity index (χ4n) is 1.74. The largest absolute Gasteiger partial charge is 0.345 e. The Morgan fingerprint density at radius 1 is 0.722 bits per heavy atom. The van der Waals surface area contributed by atoms with E-state index in [0.717, 1.165) is 16.9 Å². The van der Waals surface area contributed by atoms with Crippen LogP contribution < -0.4 is 4.57 Å². The van der Waals surface area contributed by atoms with Crippen molar-refractivity contribution in [3.8, 4) is 16.9 Å². The van der Waals surface area contributed by atoms with E-state index < -0.39 is 0 Å². The molecule has 3 rings (SSSR count). The van der Waals surface area contributed by atoms with Crippen molar-refractivity contribution in [3.05, 3.63) is 67.6 Å². The van der Waals surface area contributed by atoms with E-state index in [2.05, 4.69) is 15.0 Å². The predicted molar refractivity (Wildman–Crippen MR) is 66.8 cm³/mol. The van der Waals surface area contributed by atoms with Gasteiger partial charge in [-0.3, -0.25) is 9.97 Å². The summed E-state index contributed by atoms with van der Waals surface area (Å²) in [5.41, 5.74) is 2.30. The van der Waals surface area contributed by atoms with Crippen LogP contribution in [0.5, 0.6) is 0 Å². The number of hydrogen-bond donors (Lipinski definition) is 0. The molecule has 0 amide bonds. The zero-order valence-corrected chi connectivity index (χ0v) is 9.64. The van der Waals surface area contributed by atoms with Gasteiger partial charge in [-0.2, -0.15) is 0 Å². The lowest BCUT2D eigenvalue weighted by atomic mass is 10.1. The summed E-state index contributed by atoms with van der Waals surface area (Å²) in [6.07, 6.45) is 12.6. The third-order valence-corrected chi connectivity index (χ3v) is 2.66. The van der Waals surface area contributed by atoms with Crippen LogP contribution in [0.1, 0.15) is 0 Å². The van der Waals surface area contributed by atoms with E-state index in [1.54, 1.807) is 31.0 Å². The monoisotopic (exact) mass is 235 g/mol. The number of pyridine rings is 2. The molecular weight excluding hydrogens is 224 g/mol. The van der Waals surface area contributed by atoms with Gasteiger partial charge in [-0.15, -0.1) is 0 Å². The first-order valence-electron chi connectivity index (χ1n) is 5.61. The van der Waals surface area contributed by atoms with Gasteiger partial charge in [0, 0.05) is 12.4 Å². The molecule has 86 valence electrons. The smallest absolute Gasteiger partial charge is 0.265 e. The molecule has 0 aliphatic carbocycles. The van der Waals surface area contributed by atoms with E-state index in [4.69, 9.17) is 0 Å². The van der Waals surface area contributed by atoms with Gasteiger partial charge in [-0.25, -0.2) is 4.57 Å². The molecular formula is C14H11N4+. The van der Waals surface area contributed by atoms with E-state index in [1.165, 1.54) is 0 Å². The van der Waals surface area contributed by atoms with Crippen molar-refractivity contribution < 1.29 is 4.57 Å². The summed E-state index contributed by atoms with van der Waals surface area (Å²) >= 11 is 0. The first-order valence-corrected chi connectivity index (χ1v) is 5.61. The highest BCUT2D eigenvalue weighted by molar-refractivity contribution is 5.61. The molecule has 0 radical (unpaired) electrons. The molecule has 0 bridgehead atoms. The minimum Gasteiger partial charge on any atom is -0.265 e. The molecule has 3 aromatic rings. The summed E-state index contributed by atoms with van der Waals surface area (Å²) in [7, 11) is 0. The lowest BCUT2D eigenvalue weighted by Crippen LogP contribution is -2.30. The second kappa shape index (κ2) is 4.71. The molecule has 0 saturated carbocycles. The highest BCUT2D eigenvalue weighted by atomic mass is 15.0. The summed E-state index contributed by atoms with van der Waals surface area (Å²) in [4.78, 5) is 12.3. The van der Waals surface area contributed by atoms with E-state index in [9.17, 15) is 0 Å². The van der Waals surface area contributed by atoms with Gasteiger partial charge >= 0.3 is 5.82 Å². The Kier molecular flexibility index (Phi) is 2.75. The molecule has 0 saturated heterocycles. The Labute approximate surface area is 105 Å². The molecule has 3 heterocycles. The summed E-state index contributed by atoms with van der Waals surface area (Å²) in [6.45, 7) is 0. The molecule has 0 fully saturated rings. The van der Waals surface area contributed by atoms with Crippen molar-refractivity contribution >= 4 is 0 Å². The van der Waals surface area contributed by atoms with Crippen LogP contribution in [0.25, 0.3) is 16.9 Å². The van der Waals surface area contributed by atoms with Gasteiger partial charge < -0.3 is 0 Å². The van der Waals surface area contributed by atoms with E-state index in [1.807, 2.05) is 41.2 Å². The Bertz CT molecular complexity index is 562. The molecule has 3 aromatic heterocycles. The maximum atomic E-state index is 4.24. The van der Waals surface area contributed by atoms with Crippen LogP contribution >= 0.6 is 0 Å². The zero-order chi connectivity index (χ0) is 12.2. The van der Waals surface area contributed by atoms with Crippen molar-refractivity contribution in [3.63, 3.8) is 0 Å². The van der Waals surface area contributed by atoms with Gasteiger partial charge in [0.2, 0.25) is 0 Å². The van der Waals surface area contributed by atoms with Gasteiger partial charge in [0.05, 0.1) is 18.6 Å². The minimum atomic E-state index is 0.804. The third kappa shape index (κ3) is 2.08. The Morgan fingerprint density at radius 2 is 1.44 bits per heavy atom. The normalized spacial score (nSPS) is 10.2. The average Bonchev–Trinajstić information content (AvgIpc) is 2.49. The maximum absolute atomic E-state index is 4.24. The summed E-state index contributed by atoms with van der Waals surface area (Å²) in [6, 6.07) is 8.07. The van der Waals surface area contributed by atoms with Gasteiger partial charge in [0.15, 0.2) is 6.20 Å². The molecule has 0 unspecified atom stereocenters. The van der Waals surface area contributed by atoms with Crippen molar-refractivity contribution in [2.75, 3.05) is 0 Å². The van der Waals surface area contributed by atoms with Gasteiger partial charge in [-0.05, 0) is 40.4 Å². The Morgan fingerprint density at radius 3 is 2.11 bits per heavy atom. The van der Waals surface area contributed by atoms with Crippen LogP contribution in [0.15, 0.2) is 67.6 Å². The van der Waals surface area contributed by atoms with Crippen LogP contribution in [0, 0.1) is 0 Å². The molecule has 0 N–H and O–H groups in total. The molecule has 0 aliphatic heterocycles. The topological polar surface area (TPSA) is 42.5 Å². The van der Waals surface area contributed by atoms with Gasteiger partial charge in [0.1, 0.15) is 6.20 Å². The van der Waals surface area contributed by atoms with Gasteiger partial charge in [-0.1, -0.05) is 0 Å². The summed E-state index contributed by atoms with van der Waals surface area (Å²) in [5, 5.41) is 0. The molecule has 0 aliphatic rings. The Balaban J connectivity index is 1.95. The molecule has 0 atom stereocenters. The van der Waals surface area contributed by atoms with Gasteiger partial charge in [0.25, 0.3) is 0 Å². The maximum Gasteiger partial charge on any atom is 0.345 e. The van der Waals surface area contributed by atoms with Crippen molar-refractivity contribution in [1.29, 1.82) is 0 Å². The van der Waals surface area contributed by atoms with Crippen LogP contribution in [0.2, 0.25) is 0 Å². The fourth-order valence-corrected chi connectivity index (χ4v) is 1.74. The molecule has 4 nitrogen and oxygen atoms in total. The van der Waals surface area contributed by atoms with Crippen LogP contribution in [-0.2, 0) is 0 Å². The van der Waals surface area contributed by atoms with E-state index in [-0.39, 0.29) is 0 Å². The Hall–Kier alpha value is -2.62. The molecule has 0 aromatic carbocycles. The lowest BCUT2D eigenvalue weighted by Gasteiger charge is -2.00. The summed E-state index contributed by atoms with van der Waals surface area (Å²) < 4.78 is 1.93. The molecule has 0 spiro atoms. The molecule has 4 heteroatoms. The SMILES string of the molecule is c1cc(-c2cc[n+](-c3cnccn3)cc2)ccn1. The average molecular weight is 235 g/mol. The first-order chi connectivity index (χ1) is 8.93. The second-order valence-electron chi connectivity index (χ2n) is 3.79. The predicted octanol–water partition coefficient (Wildman–Crippen LogP) is 1.82. The zero-order valence-electron chi connectivity index (χ0n) is 9.64. The van der Waals surface area contributed by atoms with Crippen molar-refractivity contribution in [2.45, 2.75) is 0 Å². The van der Waals surface area contributed by atoms with E-state index >= 15 is 0 Å². The third-order valence-electron chi connectivity index (χ3n) is 2.66. The summed E-state index contributed by atoms with van der Waals surface area (Å²) in [5.74, 6) is 0.804. The fraction of sp³-hybridized carbons (Fsp3) is 0.